The molecule has 2 nitrogen and oxygen atoms in total. The van der Waals surface area contributed by atoms with Gasteiger partial charge in [0.25, 0.3) is 0 Å². The Kier molecular flexibility index (Phi) is 7.64. The fraction of sp³-hybridized carbons (Fsp3) is 0.714. The summed E-state index contributed by atoms with van der Waals surface area (Å²) in [4.78, 5) is 0. The van der Waals surface area contributed by atoms with E-state index in [2.05, 4.69) is 30.4 Å². The number of hydrogen-bond acceptors (Lipinski definition) is 3. The quantitative estimate of drug-likeness (QED) is 0.329. The molecule has 0 spiro atoms. The Hall–Kier alpha value is -0.790. The Morgan fingerprint density at radius 3 is 1.97 bits per heavy atom. The summed E-state index contributed by atoms with van der Waals surface area (Å²) in [5.41, 5.74) is 1.09. The molecule has 3 aliphatic carbocycles. The van der Waals surface area contributed by atoms with Crippen LogP contribution >= 0.6 is 6.04 Å². The number of allylic oxidation sites excluding steroid dienone is 6. The lowest BCUT2D eigenvalue weighted by Gasteiger charge is -2.52. The lowest BCUT2D eigenvalue weighted by atomic mass is 10.0. The van der Waals surface area contributed by atoms with Crippen LogP contribution in [0.1, 0.15) is 103 Å². The summed E-state index contributed by atoms with van der Waals surface area (Å²) in [7, 11) is 0. The second kappa shape index (κ2) is 10.6. The molecule has 0 N–H and O–H groups in total. The van der Waals surface area contributed by atoms with Crippen molar-refractivity contribution >= 4 is 17.8 Å². The van der Waals surface area contributed by atoms with Crippen molar-refractivity contribution in [2.75, 3.05) is 0 Å². The zero-order valence-electron chi connectivity index (χ0n) is 19.7. The Morgan fingerprint density at radius 1 is 0.688 bits per heavy atom. The minimum atomic E-state index is -1.85. The third-order valence-electron chi connectivity index (χ3n) is 8.35. The molecule has 4 heteroatoms. The smallest absolute Gasteiger partial charge is 0.131 e. The van der Waals surface area contributed by atoms with Gasteiger partial charge in [-0.05, 0) is 63.5 Å². The maximum Gasteiger partial charge on any atom is 0.131 e. The lowest BCUT2D eigenvalue weighted by Crippen LogP contribution is -2.44. The largest absolute Gasteiger partial charge is 0.489 e. The highest BCUT2D eigenvalue weighted by Gasteiger charge is 2.54. The predicted octanol–water partition coefficient (Wildman–Crippen LogP) is 8.49. The predicted molar refractivity (Wildman–Crippen MR) is 139 cm³/mol. The van der Waals surface area contributed by atoms with Crippen LogP contribution in [-0.2, 0) is 21.3 Å². The Morgan fingerprint density at radius 2 is 1.28 bits per heavy atom. The van der Waals surface area contributed by atoms with E-state index in [4.69, 9.17) is 21.3 Å². The van der Waals surface area contributed by atoms with Crippen molar-refractivity contribution in [3.8, 4) is 0 Å². The minimum absolute atomic E-state index is 0.307. The highest BCUT2D eigenvalue weighted by atomic mass is 32.4. The molecule has 2 aliphatic heterocycles. The molecule has 5 unspecified atom stereocenters. The molecule has 32 heavy (non-hydrogen) atoms. The van der Waals surface area contributed by atoms with Gasteiger partial charge in [0, 0.05) is 17.4 Å². The third kappa shape index (κ3) is 4.58. The van der Waals surface area contributed by atoms with E-state index < -0.39 is 6.04 Å². The number of hydrogen-bond donors (Lipinski definition) is 0. The van der Waals surface area contributed by atoms with Crippen LogP contribution < -0.4 is 0 Å². The molecule has 5 atom stereocenters. The van der Waals surface area contributed by atoms with Crippen molar-refractivity contribution in [1.29, 1.82) is 0 Å². The monoisotopic (exact) mass is 472 g/mol. The zero-order chi connectivity index (χ0) is 21.8. The van der Waals surface area contributed by atoms with E-state index in [1.54, 1.807) is 0 Å². The van der Waals surface area contributed by atoms with Gasteiger partial charge in [0.2, 0.25) is 0 Å². The first-order chi connectivity index (χ1) is 15.8. The van der Waals surface area contributed by atoms with Gasteiger partial charge in [0.1, 0.15) is 23.7 Å². The van der Waals surface area contributed by atoms with Crippen LogP contribution in [0.2, 0.25) is 0 Å². The summed E-state index contributed by atoms with van der Waals surface area (Å²) < 4.78 is 13.8. The van der Waals surface area contributed by atoms with E-state index in [9.17, 15) is 0 Å². The lowest BCUT2D eigenvalue weighted by molar-refractivity contribution is 0.0755. The molecule has 0 radical (unpaired) electrons. The van der Waals surface area contributed by atoms with E-state index in [0.29, 0.717) is 23.5 Å². The van der Waals surface area contributed by atoms with Crippen molar-refractivity contribution in [2.45, 2.75) is 126 Å². The highest BCUT2D eigenvalue weighted by Crippen LogP contribution is 2.74. The van der Waals surface area contributed by atoms with E-state index in [0.717, 1.165) is 24.4 Å². The standard InChI is InChI=1S/C28H41O2PS/c32-31-26-20-14-8-2-4-10-16-22(26)29-24-18-12-6-1-7-13-19-25(28(24)31)30-23-17-11-5-3-9-15-21-27(23)31/h1,6,12,18-19,22-23,26-27H,2-5,7-11,13-17,20-21H2/b6-1-,18-12-,25-19?. The van der Waals surface area contributed by atoms with E-state index in [-0.39, 0.29) is 0 Å². The molecule has 5 aliphatic rings. The molecule has 2 heterocycles. The minimum Gasteiger partial charge on any atom is -0.489 e. The first-order valence-corrected chi connectivity index (χ1v) is 16.4. The first-order valence-electron chi connectivity index (χ1n) is 13.5. The Bertz CT molecular complexity index is 838. The highest BCUT2D eigenvalue weighted by molar-refractivity contribution is 8.17. The average Bonchev–Trinajstić information content (AvgIpc) is 2.99. The van der Waals surface area contributed by atoms with Gasteiger partial charge < -0.3 is 9.47 Å². The summed E-state index contributed by atoms with van der Waals surface area (Å²) >= 11 is 7.06. The van der Waals surface area contributed by atoms with Crippen molar-refractivity contribution in [2.24, 2.45) is 0 Å². The molecule has 176 valence electrons. The summed E-state index contributed by atoms with van der Waals surface area (Å²) in [5.74, 6) is 2.17. The van der Waals surface area contributed by atoms with Crippen LogP contribution in [0.4, 0.5) is 0 Å². The molecule has 3 fully saturated rings. The molecular weight excluding hydrogens is 431 g/mol. The van der Waals surface area contributed by atoms with Gasteiger partial charge in [0.05, 0.1) is 5.31 Å². The average molecular weight is 473 g/mol. The molecule has 1 saturated heterocycles. The van der Waals surface area contributed by atoms with Crippen molar-refractivity contribution in [1.82, 2.24) is 0 Å². The Balaban J connectivity index is 1.66. The van der Waals surface area contributed by atoms with Gasteiger partial charge in [0.15, 0.2) is 0 Å². The zero-order valence-corrected chi connectivity index (χ0v) is 21.4. The topological polar surface area (TPSA) is 18.5 Å². The Labute approximate surface area is 200 Å². The second-order valence-corrected chi connectivity index (χ2v) is 15.5. The fourth-order valence-electron chi connectivity index (χ4n) is 6.74. The molecule has 0 aromatic rings. The molecule has 5 rings (SSSR count). The van der Waals surface area contributed by atoms with E-state index in [1.165, 1.54) is 95.2 Å². The van der Waals surface area contributed by atoms with Gasteiger partial charge >= 0.3 is 0 Å². The van der Waals surface area contributed by atoms with Gasteiger partial charge in [-0.3, -0.25) is 0 Å². The molecule has 0 amide bonds. The van der Waals surface area contributed by atoms with Gasteiger partial charge in [-0.25, -0.2) is 0 Å². The van der Waals surface area contributed by atoms with Gasteiger partial charge in [-0.2, -0.15) is 0 Å². The second-order valence-electron chi connectivity index (χ2n) is 10.5. The third-order valence-corrected chi connectivity index (χ3v) is 14.8. The maximum absolute atomic E-state index is 7.06. The molecule has 0 aromatic heterocycles. The SMILES string of the molecule is S=P12C3=C(/C=C\C=C/CCC=C3OC3CCCCCCCC31)OC1CCCCCCCC12. The number of fused-ring (bicyclic) bond motifs is 4. The normalized spacial score (nSPS) is 40.4. The van der Waals surface area contributed by atoms with E-state index in [1.807, 2.05) is 0 Å². The van der Waals surface area contributed by atoms with Gasteiger partial charge in [-0.1, -0.05) is 81.4 Å². The van der Waals surface area contributed by atoms with Crippen molar-refractivity contribution < 1.29 is 9.47 Å². The van der Waals surface area contributed by atoms with Crippen molar-refractivity contribution in [3.05, 3.63) is 47.2 Å². The summed E-state index contributed by atoms with van der Waals surface area (Å²) in [5, 5.41) is 1.35. The molecule has 0 aromatic carbocycles. The first kappa shape index (κ1) is 23.0. The summed E-state index contributed by atoms with van der Waals surface area (Å²) in [6.45, 7) is 0. The van der Waals surface area contributed by atoms with Crippen LogP contribution in [0.3, 0.4) is 0 Å². The number of rotatable bonds is 0. The fourth-order valence-corrected chi connectivity index (χ4v) is 13.4. The summed E-state index contributed by atoms with van der Waals surface area (Å²) in [6, 6.07) is -1.85. The maximum atomic E-state index is 7.06. The van der Waals surface area contributed by atoms with Crippen molar-refractivity contribution in [3.63, 3.8) is 0 Å². The van der Waals surface area contributed by atoms with Crippen LogP contribution in [0.25, 0.3) is 0 Å². The summed E-state index contributed by atoms with van der Waals surface area (Å²) in [6.07, 6.45) is 32.2. The van der Waals surface area contributed by atoms with Crippen LogP contribution in [-0.4, -0.2) is 23.5 Å². The molecular formula is C28H41O2PS. The van der Waals surface area contributed by atoms with Crippen LogP contribution in [0, 0.1) is 0 Å². The van der Waals surface area contributed by atoms with E-state index >= 15 is 0 Å². The molecule has 0 bridgehead atoms. The van der Waals surface area contributed by atoms with Crippen LogP contribution in [0.15, 0.2) is 47.2 Å². The van der Waals surface area contributed by atoms with Gasteiger partial charge in [-0.15, -0.1) is 0 Å². The molecule has 2 saturated carbocycles. The van der Waals surface area contributed by atoms with Crippen LogP contribution in [0.5, 0.6) is 0 Å². The number of ether oxygens (including phenoxy) is 2.